The van der Waals surface area contributed by atoms with Gasteiger partial charge < -0.3 is 15.7 Å². The van der Waals surface area contributed by atoms with E-state index in [0.717, 1.165) is 5.69 Å². The second kappa shape index (κ2) is 6.65. The molecule has 3 N–H and O–H groups in total. The van der Waals surface area contributed by atoms with Crippen LogP contribution in [0.4, 0.5) is 18.9 Å². The van der Waals surface area contributed by atoms with Gasteiger partial charge in [-0.05, 0) is 17.7 Å². The summed E-state index contributed by atoms with van der Waals surface area (Å²) >= 11 is 5.88. The first kappa shape index (κ1) is 18.3. The summed E-state index contributed by atoms with van der Waals surface area (Å²) in [6, 6.07) is 2.87. The topological polar surface area (TPSA) is 49.5 Å². The Labute approximate surface area is 120 Å². The first-order valence-electron chi connectivity index (χ1n) is 5.11. The van der Waals surface area contributed by atoms with E-state index in [0.29, 0.717) is 0 Å². The molecular weight excluding hydrogens is 304 g/mol. The summed E-state index contributed by atoms with van der Waals surface area (Å²) in [4.78, 5) is 1.75. The summed E-state index contributed by atoms with van der Waals surface area (Å²) < 4.78 is 37.0. The summed E-state index contributed by atoms with van der Waals surface area (Å²) in [7, 11) is 3.55. The van der Waals surface area contributed by atoms with Crippen molar-refractivity contribution < 1.29 is 18.3 Å². The van der Waals surface area contributed by atoms with Crippen molar-refractivity contribution in [3.63, 3.8) is 0 Å². The van der Waals surface area contributed by atoms with Gasteiger partial charge in [0.1, 0.15) is 0 Å². The number of hydrogen-bond donors (Lipinski definition) is 2. The fourth-order valence-electron chi connectivity index (χ4n) is 1.44. The molecule has 1 rings (SSSR count). The zero-order chi connectivity index (χ0) is 14.1. The van der Waals surface area contributed by atoms with Gasteiger partial charge in [0.15, 0.2) is 6.10 Å². The summed E-state index contributed by atoms with van der Waals surface area (Å²) in [5, 5.41) is 9.19. The molecule has 3 nitrogen and oxygen atoms in total. The molecule has 0 aliphatic carbocycles. The lowest BCUT2D eigenvalue weighted by atomic mass is 10.0. The lowest BCUT2D eigenvalue weighted by Gasteiger charge is -2.23. The number of rotatable bonds is 3. The van der Waals surface area contributed by atoms with Crippen molar-refractivity contribution in [2.45, 2.75) is 18.3 Å². The number of hydrogen-bond acceptors (Lipinski definition) is 3. The van der Waals surface area contributed by atoms with Crippen LogP contribution in [-0.4, -0.2) is 31.5 Å². The summed E-state index contributed by atoms with van der Waals surface area (Å²) in [5.41, 5.74) is 6.18. The molecule has 0 radical (unpaired) electrons. The van der Waals surface area contributed by atoms with E-state index in [4.69, 9.17) is 22.4 Å². The second-order valence-electron chi connectivity index (χ2n) is 4.11. The number of aliphatic hydroxyl groups is 1. The molecule has 110 valence electrons. The fourth-order valence-corrected chi connectivity index (χ4v) is 1.74. The van der Waals surface area contributed by atoms with Gasteiger partial charge >= 0.3 is 6.18 Å². The van der Waals surface area contributed by atoms with Crippen LogP contribution in [0, 0.1) is 0 Å². The Morgan fingerprint density at radius 3 is 2.21 bits per heavy atom. The Kier molecular flexibility index (Phi) is 6.41. The average Bonchev–Trinajstić information content (AvgIpc) is 2.25. The van der Waals surface area contributed by atoms with Gasteiger partial charge in [-0.25, -0.2) is 0 Å². The molecule has 0 aliphatic rings. The quantitative estimate of drug-likeness (QED) is 0.901. The highest BCUT2D eigenvalue weighted by atomic mass is 35.5. The molecule has 2 atom stereocenters. The van der Waals surface area contributed by atoms with Gasteiger partial charge in [0, 0.05) is 24.8 Å². The van der Waals surface area contributed by atoms with E-state index in [2.05, 4.69) is 0 Å². The van der Waals surface area contributed by atoms with E-state index < -0.39 is 18.3 Å². The van der Waals surface area contributed by atoms with Crippen molar-refractivity contribution in [2.24, 2.45) is 5.73 Å². The van der Waals surface area contributed by atoms with Gasteiger partial charge in [-0.1, -0.05) is 17.7 Å². The molecule has 0 aromatic heterocycles. The lowest BCUT2D eigenvalue weighted by Crippen LogP contribution is -2.39. The SMILES string of the molecule is CN(C)c1ccc([C@H](N)[C@H](O)C(F)(F)F)c(Cl)c1.Cl. The summed E-state index contributed by atoms with van der Waals surface area (Å²) in [5.74, 6) is 0. The molecule has 0 bridgehead atoms. The highest BCUT2D eigenvalue weighted by Gasteiger charge is 2.43. The van der Waals surface area contributed by atoms with Gasteiger partial charge in [-0.3, -0.25) is 0 Å². The molecular formula is C11H15Cl2F3N2O. The Balaban J connectivity index is 0.00000324. The van der Waals surface area contributed by atoms with Crippen molar-refractivity contribution in [2.75, 3.05) is 19.0 Å². The molecule has 1 aromatic carbocycles. The minimum atomic E-state index is -4.77. The van der Waals surface area contributed by atoms with Gasteiger partial charge in [0.25, 0.3) is 0 Å². The van der Waals surface area contributed by atoms with Crippen LogP contribution in [-0.2, 0) is 0 Å². The Hall–Kier alpha value is -0.690. The number of nitrogens with zero attached hydrogens (tertiary/aromatic N) is 1. The van der Waals surface area contributed by atoms with Crippen LogP contribution in [0.5, 0.6) is 0 Å². The van der Waals surface area contributed by atoms with E-state index in [1.807, 2.05) is 0 Å². The molecule has 8 heteroatoms. The first-order chi connectivity index (χ1) is 8.14. The van der Waals surface area contributed by atoms with Gasteiger partial charge in [0.2, 0.25) is 0 Å². The molecule has 0 saturated carbocycles. The average molecular weight is 319 g/mol. The van der Waals surface area contributed by atoms with Crippen LogP contribution in [0.2, 0.25) is 5.02 Å². The number of anilines is 1. The Morgan fingerprint density at radius 2 is 1.84 bits per heavy atom. The highest BCUT2D eigenvalue weighted by Crippen LogP contribution is 2.33. The van der Waals surface area contributed by atoms with Crippen LogP contribution < -0.4 is 10.6 Å². The lowest BCUT2D eigenvalue weighted by molar-refractivity contribution is -0.210. The maximum absolute atomic E-state index is 12.3. The summed E-state index contributed by atoms with van der Waals surface area (Å²) in [6.07, 6.45) is -7.41. The Bertz CT molecular complexity index is 427. The maximum Gasteiger partial charge on any atom is 0.416 e. The third kappa shape index (κ3) is 4.42. The minimum Gasteiger partial charge on any atom is -0.382 e. The third-order valence-electron chi connectivity index (χ3n) is 2.54. The third-order valence-corrected chi connectivity index (χ3v) is 2.86. The normalized spacial score (nSPS) is 14.5. The molecule has 0 aliphatic heterocycles. The maximum atomic E-state index is 12.3. The van der Waals surface area contributed by atoms with E-state index in [1.165, 1.54) is 12.1 Å². The van der Waals surface area contributed by atoms with Gasteiger partial charge in [-0.2, -0.15) is 13.2 Å². The van der Waals surface area contributed by atoms with Crippen LogP contribution in [0.15, 0.2) is 18.2 Å². The molecule has 0 fully saturated rings. The molecule has 0 saturated heterocycles. The van der Waals surface area contributed by atoms with E-state index in [9.17, 15) is 13.2 Å². The van der Waals surface area contributed by atoms with Crippen LogP contribution in [0.3, 0.4) is 0 Å². The second-order valence-corrected chi connectivity index (χ2v) is 4.52. The van der Waals surface area contributed by atoms with Crippen LogP contribution in [0.25, 0.3) is 0 Å². The predicted octanol–water partition coefficient (Wildman–Crippen LogP) is 2.75. The molecule has 0 amide bonds. The monoisotopic (exact) mass is 318 g/mol. The van der Waals surface area contributed by atoms with Crippen molar-refractivity contribution >= 4 is 29.7 Å². The zero-order valence-electron chi connectivity index (χ0n) is 10.3. The molecule has 0 spiro atoms. The van der Waals surface area contributed by atoms with Gasteiger partial charge in [-0.15, -0.1) is 12.4 Å². The van der Waals surface area contributed by atoms with Crippen molar-refractivity contribution in [1.29, 1.82) is 0 Å². The fraction of sp³-hybridized carbons (Fsp3) is 0.455. The summed E-state index contributed by atoms with van der Waals surface area (Å²) in [6.45, 7) is 0. The highest BCUT2D eigenvalue weighted by molar-refractivity contribution is 6.31. The van der Waals surface area contributed by atoms with E-state index in [-0.39, 0.29) is 23.0 Å². The number of alkyl halides is 3. The zero-order valence-corrected chi connectivity index (χ0v) is 11.9. The molecule has 1 aromatic rings. The largest absolute Gasteiger partial charge is 0.416 e. The number of halogens is 5. The smallest absolute Gasteiger partial charge is 0.382 e. The molecule has 0 heterocycles. The van der Waals surface area contributed by atoms with E-state index in [1.54, 1.807) is 25.1 Å². The molecule has 0 unspecified atom stereocenters. The van der Waals surface area contributed by atoms with Crippen molar-refractivity contribution in [3.05, 3.63) is 28.8 Å². The number of aliphatic hydroxyl groups excluding tert-OH is 1. The molecule has 19 heavy (non-hydrogen) atoms. The van der Waals surface area contributed by atoms with E-state index >= 15 is 0 Å². The van der Waals surface area contributed by atoms with Gasteiger partial charge in [0.05, 0.1) is 6.04 Å². The predicted molar refractivity (Wildman–Crippen MR) is 72.0 cm³/mol. The Morgan fingerprint density at radius 1 is 1.32 bits per heavy atom. The van der Waals surface area contributed by atoms with Crippen LogP contribution >= 0.6 is 24.0 Å². The van der Waals surface area contributed by atoms with Crippen molar-refractivity contribution in [3.8, 4) is 0 Å². The standard InChI is InChI=1S/C11H14ClF3N2O.ClH/c1-17(2)6-3-4-7(8(12)5-6)9(16)10(18)11(13,14)15;/h3-5,9-10,18H,16H2,1-2H3;1H/t9-,10-;/m0./s1. The van der Waals surface area contributed by atoms with Crippen molar-refractivity contribution in [1.82, 2.24) is 0 Å². The first-order valence-corrected chi connectivity index (χ1v) is 5.49. The number of nitrogens with two attached hydrogens (primary N) is 1. The van der Waals surface area contributed by atoms with Crippen LogP contribution in [0.1, 0.15) is 11.6 Å². The minimum absolute atomic E-state index is 0. The number of benzene rings is 1.